The molecule has 7 nitrogen and oxygen atoms in total. The zero-order valence-electron chi connectivity index (χ0n) is 19.2. The van der Waals surface area contributed by atoms with Crippen molar-refractivity contribution in [3.63, 3.8) is 0 Å². The average molecular weight is 522 g/mol. The van der Waals surface area contributed by atoms with Gasteiger partial charge >= 0.3 is 6.18 Å². The Kier molecular flexibility index (Phi) is 6.22. The zero-order valence-corrected chi connectivity index (χ0v) is 20.0. The molecule has 0 spiro atoms. The minimum absolute atomic E-state index is 0.255. The van der Waals surface area contributed by atoms with Crippen LogP contribution < -0.4 is 10.6 Å². The number of thiophene rings is 1. The number of nitrogens with zero attached hydrogens (tertiary/aromatic N) is 2. The molecule has 186 valence electrons. The summed E-state index contributed by atoms with van der Waals surface area (Å²) < 4.78 is 39.1. The van der Waals surface area contributed by atoms with Gasteiger partial charge in [-0.2, -0.15) is 13.2 Å². The molecular weight excluding hydrogens is 503 g/mol. The molecule has 3 N–H and O–H groups in total. The average Bonchev–Trinajstić information content (AvgIpc) is 3.51. The fraction of sp³-hybridized carbons (Fsp3) is 0.0769. The number of halogens is 3. The number of hydrogen-bond acceptors (Lipinski definition) is 5. The van der Waals surface area contributed by atoms with Crippen LogP contribution >= 0.6 is 11.3 Å². The van der Waals surface area contributed by atoms with Gasteiger partial charge in [0.2, 0.25) is 5.91 Å². The van der Waals surface area contributed by atoms with Crippen LogP contribution in [0.4, 0.5) is 24.7 Å². The van der Waals surface area contributed by atoms with Gasteiger partial charge < -0.3 is 15.6 Å². The first-order valence-electron chi connectivity index (χ1n) is 11.0. The maximum Gasteiger partial charge on any atom is 0.416 e. The molecule has 0 aliphatic rings. The van der Waals surface area contributed by atoms with E-state index in [1.165, 1.54) is 30.5 Å². The first kappa shape index (κ1) is 24.2. The van der Waals surface area contributed by atoms with Crippen molar-refractivity contribution in [1.29, 1.82) is 0 Å². The predicted molar refractivity (Wildman–Crippen MR) is 136 cm³/mol. The topological polar surface area (TPSA) is 99.8 Å². The number of aromatic amines is 1. The van der Waals surface area contributed by atoms with Gasteiger partial charge in [0.15, 0.2) is 0 Å². The van der Waals surface area contributed by atoms with Crippen LogP contribution in [0.2, 0.25) is 0 Å². The number of anilines is 2. The smallest absolute Gasteiger partial charge is 0.337 e. The summed E-state index contributed by atoms with van der Waals surface area (Å²) in [6, 6.07) is 17.5. The first-order valence-corrected chi connectivity index (χ1v) is 11.8. The summed E-state index contributed by atoms with van der Waals surface area (Å²) in [5, 5.41) is 5.37. The second-order valence-corrected chi connectivity index (χ2v) is 9.21. The van der Waals surface area contributed by atoms with Gasteiger partial charge in [0.1, 0.15) is 11.6 Å². The SMILES string of the molecule is CC(=O)Nc1ccc(C(=O)Nc2cccc(-c3ccc(-c4nc5ccc(C(F)(F)F)cc5[nH]4)s3)c2)cn1. The molecule has 0 aliphatic carbocycles. The summed E-state index contributed by atoms with van der Waals surface area (Å²) in [5.41, 5.74) is 1.78. The van der Waals surface area contributed by atoms with Crippen LogP contribution in [0.25, 0.3) is 32.2 Å². The Bertz CT molecular complexity index is 1620. The number of pyridine rings is 1. The lowest BCUT2D eigenvalue weighted by molar-refractivity contribution is -0.137. The van der Waals surface area contributed by atoms with Gasteiger partial charge in [-0.25, -0.2) is 9.97 Å². The minimum Gasteiger partial charge on any atom is -0.337 e. The number of fused-ring (bicyclic) bond motifs is 1. The second kappa shape index (κ2) is 9.51. The lowest BCUT2D eigenvalue weighted by Crippen LogP contribution is -2.13. The van der Waals surface area contributed by atoms with E-state index in [2.05, 4.69) is 25.6 Å². The Morgan fingerprint density at radius 2 is 1.76 bits per heavy atom. The van der Waals surface area contributed by atoms with Crippen LogP contribution in [0.5, 0.6) is 0 Å². The molecule has 2 aromatic carbocycles. The van der Waals surface area contributed by atoms with E-state index in [1.807, 2.05) is 30.3 Å². The van der Waals surface area contributed by atoms with Gasteiger partial charge in [-0.1, -0.05) is 12.1 Å². The van der Waals surface area contributed by atoms with Gasteiger partial charge in [-0.15, -0.1) is 11.3 Å². The molecule has 0 atom stereocenters. The number of benzene rings is 2. The number of carbonyl (C=O) groups is 2. The van der Waals surface area contributed by atoms with Crippen LogP contribution in [-0.2, 0) is 11.0 Å². The fourth-order valence-electron chi connectivity index (χ4n) is 3.66. The third-order valence-corrected chi connectivity index (χ3v) is 6.52. The van der Waals surface area contributed by atoms with Crippen LogP contribution in [0.3, 0.4) is 0 Å². The molecule has 0 bridgehead atoms. The summed E-state index contributed by atoms with van der Waals surface area (Å²) in [5.74, 6) is 0.218. The zero-order chi connectivity index (χ0) is 26.2. The van der Waals surface area contributed by atoms with Crippen LogP contribution in [0, 0.1) is 0 Å². The van der Waals surface area contributed by atoms with E-state index in [4.69, 9.17) is 0 Å². The Labute approximate surface area is 212 Å². The highest BCUT2D eigenvalue weighted by Crippen LogP contribution is 2.36. The molecule has 11 heteroatoms. The van der Waals surface area contributed by atoms with E-state index in [9.17, 15) is 22.8 Å². The standard InChI is InChI=1S/C26H18F3N5O2S/c1-14(35)31-23-10-5-16(13-30-23)25(36)32-18-4-2-3-15(11-18)21-8-9-22(37-21)24-33-19-7-6-17(26(27,28)29)12-20(19)34-24/h2-13H,1H3,(H,32,36)(H,33,34)(H,30,31,35). The maximum absolute atomic E-state index is 13.0. The Hall–Kier alpha value is -4.51. The molecule has 5 aromatic rings. The van der Waals surface area contributed by atoms with Crippen molar-refractivity contribution >= 4 is 45.7 Å². The highest BCUT2D eigenvalue weighted by atomic mass is 32.1. The monoisotopic (exact) mass is 521 g/mol. The molecule has 37 heavy (non-hydrogen) atoms. The number of aromatic nitrogens is 3. The molecule has 3 aromatic heterocycles. The molecule has 0 radical (unpaired) electrons. The van der Waals surface area contributed by atoms with Gasteiger partial charge in [-0.05, 0) is 60.2 Å². The quantitative estimate of drug-likeness (QED) is 0.243. The third-order valence-electron chi connectivity index (χ3n) is 5.38. The second-order valence-electron chi connectivity index (χ2n) is 8.13. The molecule has 0 saturated heterocycles. The minimum atomic E-state index is -4.43. The van der Waals surface area contributed by atoms with Crippen LogP contribution in [0.1, 0.15) is 22.8 Å². The Balaban J connectivity index is 1.33. The Morgan fingerprint density at radius 3 is 2.49 bits per heavy atom. The molecule has 5 rings (SSSR count). The summed E-state index contributed by atoms with van der Waals surface area (Å²) in [6.07, 6.45) is -3.05. The van der Waals surface area contributed by atoms with Crippen LogP contribution in [0.15, 0.2) is 72.9 Å². The van der Waals surface area contributed by atoms with E-state index in [0.29, 0.717) is 33.9 Å². The largest absolute Gasteiger partial charge is 0.416 e. The summed E-state index contributed by atoms with van der Waals surface area (Å²) in [7, 11) is 0. The molecule has 2 amide bonds. The number of hydrogen-bond donors (Lipinski definition) is 3. The number of alkyl halides is 3. The molecule has 0 fully saturated rings. The molecule has 3 heterocycles. The number of imidazole rings is 1. The molecule has 0 unspecified atom stereocenters. The highest BCUT2D eigenvalue weighted by molar-refractivity contribution is 7.18. The third kappa shape index (κ3) is 5.36. The first-order chi connectivity index (χ1) is 17.7. The normalized spacial score (nSPS) is 11.5. The van der Waals surface area contributed by atoms with Crippen molar-refractivity contribution in [2.75, 3.05) is 10.6 Å². The van der Waals surface area contributed by atoms with Crippen molar-refractivity contribution in [2.24, 2.45) is 0 Å². The van der Waals surface area contributed by atoms with E-state index in [0.717, 1.165) is 27.5 Å². The number of amides is 2. The molecule has 0 saturated carbocycles. The van der Waals surface area contributed by atoms with E-state index in [1.54, 1.807) is 18.2 Å². The highest BCUT2D eigenvalue weighted by Gasteiger charge is 2.30. The van der Waals surface area contributed by atoms with Gasteiger partial charge in [-0.3, -0.25) is 9.59 Å². The van der Waals surface area contributed by atoms with E-state index in [-0.39, 0.29) is 11.8 Å². The van der Waals surface area contributed by atoms with Crippen molar-refractivity contribution in [3.05, 3.63) is 84.1 Å². The number of rotatable bonds is 5. The number of nitrogens with one attached hydrogen (secondary N) is 3. The van der Waals surface area contributed by atoms with Crippen molar-refractivity contribution in [1.82, 2.24) is 15.0 Å². The fourth-order valence-corrected chi connectivity index (χ4v) is 4.61. The number of H-pyrrole nitrogens is 1. The Morgan fingerprint density at radius 1 is 0.946 bits per heavy atom. The van der Waals surface area contributed by atoms with Gasteiger partial charge in [0.05, 0.1) is 27.0 Å². The van der Waals surface area contributed by atoms with Crippen molar-refractivity contribution in [2.45, 2.75) is 13.1 Å². The lowest BCUT2D eigenvalue weighted by atomic mass is 10.1. The van der Waals surface area contributed by atoms with Crippen molar-refractivity contribution < 1.29 is 22.8 Å². The summed E-state index contributed by atoms with van der Waals surface area (Å²) >= 11 is 1.42. The lowest BCUT2D eigenvalue weighted by Gasteiger charge is -2.07. The maximum atomic E-state index is 13.0. The van der Waals surface area contributed by atoms with E-state index >= 15 is 0 Å². The summed E-state index contributed by atoms with van der Waals surface area (Å²) in [6.45, 7) is 1.37. The van der Waals surface area contributed by atoms with Crippen molar-refractivity contribution in [3.8, 4) is 21.1 Å². The van der Waals surface area contributed by atoms with E-state index < -0.39 is 11.7 Å². The predicted octanol–water partition coefficient (Wildman–Crippen LogP) is 6.58. The van der Waals surface area contributed by atoms with Gasteiger partial charge in [0.25, 0.3) is 5.91 Å². The molecular formula is C26H18F3N5O2S. The van der Waals surface area contributed by atoms with Gasteiger partial charge in [0, 0.05) is 23.7 Å². The number of carbonyl (C=O) groups excluding carboxylic acids is 2. The van der Waals surface area contributed by atoms with Crippen LogP contribution in [-0.4, -0.2) is 26.8 Å². The summed E-state index contributed by atoms with van der Waals surface area (Å²) in [4.78, 5) is 36.9. The molecule has 0 aliphatic heterocycles.